The largest absolute Gasteiger partial charge is 0.481 e. The maximum Gasteiger partial charge on any atom is 0.307 e. The Morgan fingerprint density at radius 2 is 2.00 bits per heavy atom. The van der Waals surface area contributed by atoms with Gasteiger partial charge in [0.15, 0.2) is 0 Å². The number of fused-ring (bicyclic) bond motifs is 3. The number of aliphatic hydroxyl groups is 1. The number of halogens is 1. The molecule has 4 rings (SSSR count). The van der Waals surface area contributed by atoms with E-state index in [0.717, 1.165) is 58.3 Å². The van der Waals surface area contributed by atoms with Gasteiger partial charge < -0.3 is 14.5 Å². The van der Waals surface area contributed by atoms with E-state index in [1.54, 1.807) is 6.07 Å². The molecular formula is C27H32FNO3S. The van der Waals surface area contributed by atoms with Gasteiger partial charge in [0.25, 0.3) is 0 Å². The second-order valence-electron chi connectivity index (χ2n) is 9.86. The minimum absolute atomic E-state index is 0.0190. The number of benzene rings is 2. The molecule has 33 heavy (non-hydrogen) atoms. The highest BCUT2D eigenvalue weighted by Crippen LogP contribution is 2.52. The monoisotopic (exact) mass is 469 g/mol. The molecular weight excluding hydrogens is 437 g/mol. The van der Waals surface area contributed by atoms with Crippen molar-refractivity contribution < 1.29 is 19.4 Å². The van der Waals surface area contributed by atoms with Crippen molar-refractivity contribution >= 4 is 29.2 Å². The van der Waals surface area contributed by atoms with Gasteiger partial charge >= 0.3 is 5.97 Å². The number of allylic oxidation sites excluding steroid dienone is 2. The molecule has 0 fully saturated rings. The Morgan fingerprint density at radius 1 is 1.24 bits per heavy atom. The minimum Gasteiger partial charge on any atom is -0.481 e. The standard InChI is InChI=1S/C27H32FNO3S/c1-16-20(15-25(31)32)21(17-7-10-27(2,3)11-8-17)14-23-19-6-5-18(28)13-22(19)24(9-12-30)29(33-4)26(16)23/h5-7,13-14,24,30H,8-12,15H2,1-4H3,(H,31,32)/t24-/m0/s1. The summed E-state index contributed by atoms with van der Waals surface area (Å²) in [7, 11) is 0. The van der Waals surface area contributed by atoms with Crippen LogP contribution in [0, 0.1) is 18.2 Å². The summed E-state index contributed by atoms with van der Waals surface area (Å²) in [4.78, 5) is 11.9. The van der Waals surface area contributed by atoms with E-state index in [-0.39, 0.29) is 30.3 Å². The van der Waals surface area contributed by atoms with Crippen LogP contribution in [0.1, 0.15) is 67.8 Å². The van der Waals surface area contributed by atoms with Gasteiger partial charge in [0.1, 0.15) is 5.82 Å². The first kappa shape index (κ1) is 23.8. The third-order valence-corrected chi connectivity index (χ3v) is 7.92. The van der Waals surface area contributed by atoms with E-state index < -0.39 is 5.97 Å². The number of rotatable bonds is 6. The first-order valence-corrected chi connectivity index (χ1v) is 12.7. The van der Waals surface area contributed by atoms with Crippen molar-refractivity contribution in [3.8, 4) is 11.1 Å². The zero-order valence-corrected chi connectivity index (χ0v) is 20.6. The number of carbonyl (C=O) groups is 1. The maximum absolute atomic E-state index is 14.3. The van der Waals surface area contributed by atoms with Crippen molar-refractivity contribution in [1.29, 1.82) is 0 Å². The van der Waals surface area contributed by atoms with Gasteiger partial charge in [-0.05, 0) is 89.6 Å². The van der Waals surface area contributed by atoms with E-state index in [1.165, 1.54) is 23.6 Å². The summed E-state index contributed by atoms with van der Waals surface area (Å²) in [6, 6.07) is 6.81. The van der Waals surface area contributed by atoms with Gasteiger partial charge in [0.2, 0.25) is 0 Å². The molecule has 176 valence electrons. The van der Waals surface area contributed by atoms with Crippen LogP contribution in [0.4, 0.5) is 10.1 Å². The summed E-state index contributed by atoms with van der Waals surface area (Å²) < 4.78 is 16.4. The lowest BCUT2D eigenvalue weighted by atomic mass is 9.75. The topological polar surface area (TPSA) is 60.8 Å². The van der Waals surface area contributed by atoms with Crippen molar-refractivity contribution in [2.75, 3.05) is 17.2 Å². The van der Waals surface area contributed by atoms with Crippen LogP contribution in [-0.4, -0.2) is 29.0 Å². The zero-order valence-electron chi connectivity index (χ0n) is 19.7. The summed E-state index contributed by atoms with van der Waals surface area (Å²) in [5.74, 6) is -1.14. The fourth-order valence-corrected chi connectivity index (χ4v) is 6.16. The number of carboxylic acid groups (broad SMARTS) is 1. The molecule has 2 aromatic carbocycles. The summed E-state index contributed by atoms with van der Waals surface area (Å²) in [6.07, 6.45) is 7.58. The fourth-order valence-electron chi connectivity index (χ4n) is 5.27. The number of aliphatic hydroxyl groups excluding tert-OH is 1. The summed E-state index contributed by atoms with van der Waals surface area (Å²) in [5.41, 5.74) is 8.03. The van der Waals surface area contributed by atoms with Crippen LogP contribution >= 0.6 is 11.9 Å². The molecule has 0 unspecified atom stereocenters. The first-order valence-electron chi connectivity index (χ1n) is 11.5. The Bertz CT molecular complexity index is 1120. The molecule has 4 nitrogen and oxygen atoms in total. The van der Waals surface area contributed by atoms with Gasteiger partial charge in [-0.25, -0.2) is 4.39 Å². The van der Waals surface area contributed by atoms with Gasteiger partial charge in [-0.15, -0.1) is 0 Å². The molecule has 6 heteroatoms. The molecule has 1 aliphatic heterocycles. The van der Waals surface area contributed by atoms with E-state index in [4.69, 9.17) is 0 Å². The summed E-state index contributed by atoms with van der Waals surface area (Å²) in [6.45, 7) is 6.51. The van der Waals surface area contributed by atoms with Crippen LogP contribution in [0.5, 0.6) is 0 Å². The predicted octanol–water partition coefficient (Wildman–Crippen LogP) is 6.54. The van der Waals surface area contributed by atoms with Gasteiger partial charge in [0.05, 0.1) is 18.2 Å². The van der Waals surface area contributed by atoms with Gasteiger partial charge in [0, 0.05) is 18.4 Å². The second-order valence-corrected chi connectivity index (χ2v) is 10.6. The molecule has 1 aliphatic carbocycles. The van der Waals surface area contributed by atoms with Crippen LogP contribution in [0.25, 0.3) is 16.7 Å². The molecule has 0 amide bonds. The number of nitrogens with zero attached hydrogens (tertiary/aromatic N) is 1. The third kappa shape index (κ3) is 4.43. The molecule has 0 aromatic heterocycles. The Hall–Kier alpha value is -2.31. The van der Waals surface area contributed by atoms with Crippen molar-refractivity contribution in [1.82, 2.24) is 0 Å². The van der Waals surface area contributed by atoms with Crippen molar-refractivity contribution in [3.05, 3.63) is 58.4 Å². The first-order chi connectivity index (χ1) is 15.7. The van der Waals surface area contributed by atoms with Gasteiger partial charge in [-0.2, -0.15) is 0 Å². The van der Waals surface area contributed by atoms with E-state index in [1.807, 2.05) is 19.2 Å². The summed E-state index contributed by atoms with van der Waals surface area (Å²) >= 11 is 1.53. The van der Waals surface area contributed by atoms with Gasteiger partial charge in [-0.3, -0.25) is 4.79 Å². The number of anilines is 1. The number of hydrogen-bond acceptors (Lipinski definition) is 4. The Kier molecular flexibility index (Phi) is 6.61. The van der Waals surface area contributed by atoms with Crippen molar-refractivity contribution in [2.24, 2.45) is 5.41 Å². The average molecular weight is 470 g/mol. The van der Waals surface area contributed by atoms with E-state index >= 15 is 0 Å². The van der Waals surface area contributed by atoms with Crippen LogP contribution in [-0.2, 0) is 11.2 Å². The fraction of sp³-hybridized carbons (Fsp3) is 0.444. The van der Waals surface area contributed by atoms with E-state index in [0.29, 0.717) is 6.42 Å². The quantitative estimate of drug-likeness (QED) is 0.470. The Balaban J connectivity index is 2.00. The molecule has 0 radical (unpaired) electrons. The average Bonchev–Trinajstić information content (AvgIpc) is 2.76. The Morgan fingerprint density at radius 3 is 2.61 bits per heavy atom. The third-order valence-electron chi connectivity index (χ3n) is 7.09. The molecule has 0 saturated carbocycles. The van der Waals surface area contributed by atoms with Crippen LogP contribution in [0.15, 0.2) is 30.3 Å². The van der Waals surface area contributed by atoms with Gasteiger partial charge in [-0.1, -0.05) is 37.9 Å². The molecule has 1 atom stereocenters. The molecule has 2 aromatic rings. The SMILES string of the molecule is CSN1c2c(cc(C3=CCC(C)(C)CC3)c(CC(=O)O)c2C)-c2ccc(F)cc2[C@@H]1CCO. The van der Waals surface area contributed by atoms with Crippen LogP contribution in [0.3, 0.4) is 0 Å². The number of carboxylic acids is 1. The lowest BCUT2D eigenvalue weighted by molar-refractivity contribution is -0.136. The molecule has 2 N–H and O–H groups in total. The highest BCUT2D eigenvalue weighted by molar-refractivity contribution is 8.00. The molecule has 1 heterocycles. The molecule has 0 spiro atoms. The molecule has 2 aliphatic rings. The Labute approximate surface area is 199 Å². The van der Waals surface area contributed by atoms with Crippen molar-refractivity contribution in [2.45, 2.75) is 58.9 Å². The highest BCUT2D eigenvalue weighted by atomic mass is 32.2. The molecule has 0 bridgehead atoms. The zero-order chi connectivity index (χ0) is 23.9. The minimum atomic E-state index is -0.850. The predicted molar refractivity (Wildman–Crippen MR) is 134 cm³/mol. The van der Waals surface area contributed by atoms with Crippen LogP contribution < -0.4 is 4.31 Å². The number of aliphatic carboxylic acids is 1. The number of hydrogen-bond donors (Lipinski definition) is 2. The lowest BCUT2D eigenvalue weighted by Gasteiger charge is -2.40. The smallest absolute Gasteiger partial charge is 0.307 e. The highest BCUT2D eigenvalue weighted by Gasteiger charge is 2.35. The van der Waals surface area contributed by atoms with Crippen molar-refractivity contribution in [3.63, 3.8) is 0 Å². The van der Waals surface area contributed by atoms with E-state index in [9.17, 15) is 19.4 Å². The van der Waals surface area contributed by atoms with E-state index in [2.05, 4.69) is 30.3 Å². The summed E-state index contributed by atoms with van der Waals surface area (Å²) in [5, 5.41) is 19.5. The second kappa shape index (κ2) is 9.15. The maximum atomic E-state index is 14.3. The lowest BCUT2D eigenvalue weighted by Crippen LogP contribution is -2.28. The normalized spacial score (nSPS) is 19.0. The molecule has 0 saturated heterocycles. The van der Waals surface area contributed by atoms with Crippen LogP contribution in [0.2, 0.25) is 0 Å².